The molecule has 0 fully saturated rings. The van der Waals surface area contributed by atoms with E-state index in [0.717, 1.165) is 17.5 Å². The molecule has 160 valence electrons. The van der Waals surface area contributed by atoms with E-state index >= 15 is 0 Å². The van der Waals surface area contributed by atoms with Gasteiger partial charge in [0.15, 0.2) is 0 Å². The Morgan fingerprint density at radius 1 is 1.10 bits per heavy atom. The third-order valence-electron chi connectivity index (χ3n) is 5.10. The molecule has 2 aromatic rings. The Morgan fingerprint density at radius 3 is 2.47 bits per heavy atom. The molecule has 0 spiro atoms. The summed E-state index contributed by atoms with van der Waals surface area (Å²) in [5, 5.41) is 5.48. The lowest BCUT2D eigenvalue weighted by Crippen LogP contribution is -2.42. The maximum atomic E-state index is 13.4. The lowest BCUT2D eigenvalue weighted by Gasteiger charge is -2.36. The van der Waals surface area contributed by atoms with Crippen LogP contribution in [0.5, 0.6) is 0 Å². The number of hydrogen-bond donors (Lipinski definition) is 2. The summed E-state index contributed by atoms with van der Waals surface area (Å²) in [7, 11) is -3.82. The molecule has 0 aromatic heterocycles. The van der Waals surface area contributed by atoms with Crippen molar-refractivity contribution in [3.8, 4) is 0 Å². The van der Waals surface area contributed by atoms with Crippen molar-refractivity contribution in [1.82, 2.24) is 9.62 Å². The van der Waals surface area contributed by atoms with E-state index in [9.17, 15) is 18.0 Å². The molecule has 1 aliphatic heterocycles. The highest BCUT2D eigenvalue weighted by Crippen LogP contribution is 2.36. The average molecular weight is 430 g/mol. The molecule has 0 bridgehead atoms. The Balaban J connectivity index is 1.92. The highest BCUT2D eigenvalue weighted by atomic mass is 32.2. The Kier molecular flexibility index (Phi) is 6.89. The minimum absolute atomic E-state index is 0.0697. The molecular weight excluding hydrogens is 402 g/mol. The predicted octanol–water partition coefficient (Wildman–Crippen LogP) is 2.85. The van der Waals surface area contributed by atoms with Crippen molar-refractivity contribution in [3.63, 3.8) is 0 Å². The van der Waals surface area contributed by atoms with Gasteiger partial charge in [0.25, 0.3) is 0 Å². The third-order valence-corrected chi connectivity index (χ3v) is 7.02. The molecule has 3 rings (SSSR count). The van der Waals surface area contributed by atoms with E-state index in [4.69, 9.17) is 0 Å². The monoisotopic (exact) mass is 429 g/mol. The molecule has 2 N–H and O–H groups in total. The molecule has 0 unspecified atom stereocenters. The molecule has 0 aliphatic carbocycles. The minimum Gasteiger partial charge on any atom is -0.356 e. The molecule has 0 saturated heterocycles. The second-order valence-corrected chi connectivity index (χ2v) is 9.23. The first-order valence-electron chi connectivity index (χ1n) is 10.1. The molecule has 2 aromatic carbocycles. The molecule has 0 saturated carbocycles. The summed E-state index contributed by atoms with van der Waals surface area (Å²) >= 11 is 0. The number of nitrogens with one attached hydrogen (secondary N) is 2. The van der Waals surface area contributed by atoms with Gasteiger partial charge < -0.3 is 10.6 Å². The van der Waals surface area contributed by atoms with Crippen LogP contribution in [0.15, 0.2) is 53.4 Å². The normalized spacial score (nSPS) is 16.5. The number of sulfonamides is 1. The standard InChI is InChI=1S/C22H27N3O4S/c1-3-13-23-22(27)15-21-20-7-5-4-6-17(20)12-14-25(21)30(28,29)19-10-8-18(9-11-19)24-16(2)26/h4-11,21H,3,12-15H2,1-2H3,(H,23,27)(H,24,26)/t21-/m1/s1. The van der Waals surface area contributed by atoms with Crippen LogP contribution in [0.2, 0.25) is 0 Å². The van der Waals surface area contributed by atoms with E-state index in [0.29, 0.717) is 25.2 Å². The van der Waals surface area contributed by atoms with Crippen molar-refractivity contribution in [3.05, 3.63) is 59.7 Å². The van der Waals surface area contributed by atoms with E-state index in [-0.39, 0.29) is 23.1 Å². The quantitative estimate of drug-likeness (QED) is 0.707. The maximum absolute atomic E-state index is 13.4. The van der Waals surface area contributed by atoms with Crippen molar-refractivity contribution < 1.29 is 18.0 Å². The summed E-state index contributed by atoms with van der Waals surface area (Å²) in [5.41, 5.74) is 2.47. The summed E-state index contributed by atoms with van der Waals surface area (Å²) in [6, 6.07) is 13.2. The molecule has 7 nitrogen and oxygen atoms in total. The van der Waals surface area contributed by atoms with Crippen LogP contribution in [0.1, 0.15) is 43.9 Å². The number of anilines is 1. The van der Waals surface area contributed by atoms with Crippen LogP contribution in [0.4, 0.5) is 5.69 Å². The zero-order valence-electron chi connectivity index (χ0n) is 17.2. The summed E-state index contributed by atoms with van der Waals surface area (Å²) in [5.74, 6) is -0.392. The summed E-state index contributed by atoms with van der Waals surface area (Å²) < 4.78 is 28.3. The molecule has 30 heavy (non-hydrogen) atoms. The number of hydrogen-bond acceptors (Lipinski definition) is 4. The van der Waals surface area contributed by atoms with Crippen molar-refractivity contribution in [1.29, 1.82) is 0 Å². The van der Waals surface area contributed by atoms with Gasteiger partial charge in [-0.3, -0.25) is 9.59 Å². The molecular formula is C22H27N3O4S. The number of amides is 2. The van der Waals surface area contributed by atoms with Gasteiger partial charge in [0.05, 0.1) is 10.9 Å². The molecule has 1 heterocycles. The molecule has 1 aliphatic rings. The van der Waals surface area contributed by atoms with Gasteiger partial charge in [0.2, 0.25) is 21.8 Å². The highest BCUT2D eigenvalue weighted by molar-refractivity contribution is 7.89. The number of fused-ring (bicyclic) bond motifs is 1. The van der Waals surface area contributed by atoms with Crippen LogP contribution < -0.4 is 10.6 Å². The van der Waals surface area contributed by atoms with Crippen molar-refractivity contribution in [2.75, 3.05) is 18.4 Å². The zero-order valence-corrected chi connectivity index (χ0v) is 18.0. The maximum Gasteiger partial charge on any atom is 0.243 e. The van der Waals surface area contributed by atoms with Gasteiger partial charge in [-0.05, 0) is 48.2 Å². The van der Waals surface area contributed by atoms with Crippen molar-refractivity contribution in [2.45, 2.75) is 44.0 Å². The average Bonchev–Trinajstić information content (AvgIpc) is 2.72. The van der Waals surface area contributed by atoms with E-state index in [1.165, 1.54) is 23.4 Å². The van der Waals surface area contributed by atoms with Gasteiger partial charge in [0, 0.05) is 32.1 Å². The van der Waals surface area contributed by atoms with Crippen LogP contribution in [0, 0.1) is 0 Å². The SMILES string of the molecule is CCCNC(=O)C[C@@H]1c2ccccc2CCN1S(=O)(=O)c1ccc(NC(C)=O)cc1. The molecule has 2 amide bonds. The van der Waals surface area contributed by atoms with Crippen LogP contribution in [0.25, 0.3) is 0 Å². The van der Waals surface area contributed by atoms with Crippen molar-refractivity contribution in [2.24, 2.45) is 0 Å². The number of carbonyl (C=O) groups excluding carboxylic acids is 2. The van der Waals surface area contributed by atoms with Crippen LogP contribution in [-0.2, 0) is 26.0 Å². The van der Waals surface area contributed by atoms with Crippen LogP contribution >= 0.6 is 0 Å². The molecule has 1 atom stereocenters. The van der Waals surface area contributed by atoms with E-state index in [1.807, 2.05) is 31.2 Å². The topological polar surface area (TPSA) is 95.6 Å². The van der Waals surface area contributed by atoms with Crippen molar-refractivity contribution >= 4 is 27.5 Å². The van der Waals surface area contributed by atoms with E-state index < -0.39 is 16.1 Å². The number of rotatable bonds is 7. The number of nitrogens with zero attached hydrogens (tertiary/aromatic N) is 1. The minimum atomic E-state index is -3.82. The number of carbonyl (C=O) groups is 2. The first kappa shape index (κ1) is 22.0. The molecule has 8 heteroatoms. The lowest BCUT2D eigenvalue weighted by molar-refractivity contribution is -0.122. The zero-order chi connectivity index (χ0) is 21.7. The summed E-state index contributed by atoms with van der Waals surface area (Å²) in [6.07, 6.45) is 1.47. The first-order valence-corrected chi connectivity index (χ1v) is 11.5. The largest absolute Gasteiger partial charge is 0.356 e. The summed E-state index contributed by atoms with van der Waals surface area (Å²) in [4.78, 5) is 23.8. The molecule has 0 radical (unpaired) electrons. The third kappa shape index (κ3) is 4.88. The first-order chi connectivity index (χ1) is 14.3. The van der Waals surface area contributed by atoms with Gasteiger partial charge in [-0.25, -0.2) is 8.42 Å². The Bertz CT molecular complexity index is 1020. The van der Waals surface area contributed by atoms with Gasteiger partial charge in [-0.1, -0.05) is 31.2 Å². The van der Waals surface area contributed by atoms with Gasteiger partial charge in [-0.2, -0.15) is 4.31 Å². The smallest absolute Gasteiger partial charge is 0.243 e. The highest BCUT2D eigenvalue weighted by Gasteiger charge is 2.37. The second kappa shape index (κ2) is 9.40. The van der Waals surface area contributed by atoms with Gasteiger partial charge >= 0.3 is 0 Å². The van der Waals surface area contributed by atoms with E-state index in [2.05, 4.69) is 10.6 Å². The lowest BCUT2D eigenvalue weighted by atomic mass is 9.92. The number of benzene rings is 2. The fourth-order valence-electron chi connectivity index (χ4n) is 3.69. The van der Waals surface area contributed by atoms with Crippen LogP contribution in [-0.4, -0.2) is 37.6 Å². The Morgan fingerprint density at radius 2 is 1.80 bits per heavy atom. The van der Waals surface area contributed by atoms with Gasteiger partial charge in [-0.15, -0.1) is 0 Å². The predicted molar refractivity (Wildman–Crippen MR) is 115 cm³/mol. The Hall–Kier alpha value is -2.71. The Labute approximate surface area is 177 Å². The second-order valence-electron chi connectivity index (χ2n) is 7.34. The fraction of sp³-hybridized carbons (Fsp3) is 0.364. The van der Waals surface area contributed by atoms with E-state index in [1.54, 1.807) is 12.1 Å². The summed E-state index contributed by atoms with van der Waals surface area (Å²) in [6.45, 7) is 4.23. The van der Waals surface area contributed by atoms with Crippen LogP contribution in [0.3, 0.4) is 0 Å². The van der Waals surface area contributed by atoms with Gasteiger partial charge in [0.1, 0.15) is 0 Å². The fourth-order valence-corrected chi connectivity index (χ4v) is 5.29.